The summed E-state index contributed by atoms with van der Waals surface area (Å²) in [4.78, 5) is 35.5. The molecule has 0 radical (unpaired) electrons. The van der Waals surface area contributed by atoms with Gasteiger partial charge in [0.15, 0.2) is 0 Å². The second-order valence-corrected chi connectivity index (χ2v) is 9.19. The molecule has 0 saturated carbocycles. The zero-order valence-corrected chi connectivity index (χ0v) is 24.9. The summed E-state index contributed by atoms with van der Waals surface area (Å²) in [6, 6.07) is 0. The number of nitrogens with zero attached hydrogens (tertiary/aromatic N) is 1. The van der Waals surface area contributed by atoms with E-state index in [1.165, 1.54) is 37.8 Å². The van der Waals surface area contributed by atoms with E-state index in [4.69, 9.17) is 37.9 Å². The first-order valence-corrected chi connectivity index (χ1v) is 14.9. The first-order chi connectivity index (χ1) is 20.1. The van der Waals surface area contributed by atoms with Crippen molar-refractivity contribution in [2.45, 2.75) is 51.9 Å². The average molecular weight is 590 g/mol. The van der Waals surface area contributed by atoms with Gasteiger partial charge in [0, 0.05) is 18.6 Å². The van der Waals surface area contributed by atoms with Crippen molar-refractivity contribution < 1.29 is 52.3 Å². The minimum Gasteiger partial charge on any atom is -0.463 e. The SMILES string of the molecule is CCCCCCCCC(=O)OCCOCCOCCOCCOCCOCCOCCOCCN1C(=O)C=CC1=O. The van der Waals surface area contributed by atoms with Crippen molar-refractivity contribution in [1.29, 1.82) is 0 Å². The van der Waals surface area contributed by atoms with Crippen LogP contribution in [0.3, 0.4) is 0 Å². The van der Waals surface area contributed by atoms with Gasteiger partial charge in [-0.05, 0) is 6.42 Å². The van der Waals surface area contributed by atoms with Crippen LogP contribution in [0.5, 0.6) is 0 Å². The first-order valence-electron chi connectivity index (χ1n) is 14.9. The Morgan fingerprint density at radius 2 is 0.902 bits per heavy atom. The van der Waals surface area contributed by atoms with Gasteiger partial charge in [-0.3, -0.25) is 19.3 Å². The highest BCUT2D eigenvalue weighted by Gasteiger charge is 2.22. The Kier molecular flexibility index (Phi) is 25.5. The highest BCUT2D eigenvalue weighted by molar-refractivity contribution is 6.12. The molecule has 0 aliphatic carbocycles. The minimum absolute atomic E-state index is 0.151. The van der Waals surface area contributed by atoms with E-state index in [0.717, 1.165) is 17.7 Å². The molecule has 0 fully saturated rings. The first kappa shape index (κ1) is 37.1. The number of carbonyl (C=O) groups is 3. The normalized spacial score (nSPS) is 13.0. The summed E-state index contributed by atoms with van der Waals surface area (Å²) in [5, 5.41) is 0. The van der Waals surface area contributed by atoms with Gasteiger partial charge in [0.2, 0.25) is 0 Å². The van der Waals surface area contributed by atoms with Gasteiger partial charge in [-0.15, -0.1) is 0 Å². The van der Waals surface area contributed by atoms with Gasteiger partial charge in [-0.25, -0.2) is 0 Å². The van der Waals surface area contributed by atoms with Crippen molar-refractivity contribution in [3.8, 4) is 0 Å². The van der Waals surface area contributed by atoms with Crippen LogP contribution in [-0.4, -0.2) is 128 Å². The fraction of sp³-hybridized carbons (Fsp3) is 0.828. The number of carbonyl (C=O) groups excluding carboxylic acids is 3. The smallest absolute Gasteiger partial charge is 0.305 e. The van der Waals surface area contributed by atoms with E-state index >= 15 is 0 Å². The standard InChI is InChI=1S/C29H51NO11/c1-2-3-4-5-6-7-8-29(33)41-26-25-40-24-23-39-22-21-38-20-19-37-18-17-36-16-15-35-14-13-34-12-11-30-27(31)9-10-28(30)32/h9-10H,2-8,11-26H2,1H3. The number of rotatable bonds is 31. The monoisotopic (exact) mass is 589 g/mol. The Bertz CT molecular complexity index is 672. The number of hydrogen-bond donors (Lipinski definition) is 0. The zero-order valence-electron chi connectivity index (χ0n) is 24.9. The Labute approximate surface area is 244 Å². The maximum atomic E-state index is 11.6. The molecule has 0 unspecified atom stereocenters. The lowest BCUT2D eigenvalue weighted by Gasteiger charge is -2.13. The van der Waals surface area contributed by atoms with E-state index in [0.29, 0.717) is 92.3 Å². The van der Waals surface area contributed by atoms with Crippen LogP contribution in [0.4, 0.5) is 0 Å². The number of esters is 1. The lowest BCUT2D eigenvalue weighted by Crippen LogP contribution is -2.33. The molecule has 12 nitrogen and oxygen atoms in total. The van der Waals surface area contributed by atoms with E-state index in [-0.39, 0.29) is 37.5 Å². The predicted molar refractivity (Wildman–Crippen MR) is 151 cm³/mol. The lowest BCUT2D eigenvalue weighted by atomic mass is 10.1. The molecule has 1 aliphatic rings. The van der Waals surface area contributed by atoms with Crippen molar-refractivity contribution in [3.05, 3.63) is 12.2 Å². The Morgan fingerprint density at radius 3 is 1.34 bits per heavy atom. The second kappa shape index (κ2) is 28.2. The minimum atomic E-state index is -0.307. The molecule has 1 aliphatic heterocycles. The molecule has 41 heavy (non-hydrogen) atoms. The van der Waals surface area contributed by atoms with E-state index in [1.807, 2.05) is 0 Å². The molecule has 238 valence electrons. The number of ether oxygens (including phenoxy) is 8. The fourth-order valence-electron chi connectivity index (χ4n) is 3.57. The summed E-state index contributed by atoms with van der Waals surface area (Å²) >= 11 is 0. The third-order valence-electron chi connectivity index (χ3n) is 5.82. The fourth-order valence-corrected chi connectivity index (χ4v) is 3.57. The Hall–Kier alpha value is -1.93. The van der Waals surface area contributed by atoms with Crippen molar-refractivity contribution in [1.82, 2.24) is 4.90 Å². The van der Waals surface area contributed by atoms with Gasteiger partial charge < -0.3 is 37.9 Å². The van der Waals surface area contributed by atoms with Gasteiger partial charge in [-0.2, -0.15) is 0 Å². The van der Waals surface area contributed by atoms with Gasteiger partial charge in [-0.1, -0.05) is 39.0 Å². The highest BCUT2D eigenvalue weighted by atomic mass is 16.6. The summed E-state index contributed by atoms with van der Waals surface area (Å²) in [6.45, 7) is 8.78. The molecule has 2 amide bonds. The molecular weight excluding hydrogens is 538 g/mol. The molecule has 0 bridgehead atoms. The predicted octanol–water partition coefficient (Wildman–Crippen LogP) is 2.32. The van der Waals surface area contributed by atoms with Crippen molar-refractivity contribution in [3.63, 3.8) is 0 Å². The van der Waals surface area contributed by atoms with E-state index in [2.05, 4.69) is 6.92 Å². The number of amides is 2. The Morgan fingerprint density at radius 1 is 0.537 bits per heavy atom. The summed E-state index contributed by atoms with van der Waals surface area (Å²) in [7, 11) is 0. The van der Waals surface area contributed by atoms with Crippen LogP contribution in [0, 0.1) is 0 Å². The molecule has 1 heterocycles. The van der Waals surface area contributed by atoms with Crippen LogP contribution in [-0.2, 0) is 52.3 Å². The summed E-state index contributed by atoms with van der Waals surface area (Å²) in [5.74, 6) is -0.764. The molecular formula is C29H51NO11. The van der Waals surface area contributed by atoms with Gasteiger partial charge in [0.1, 0.15) is 6.61 Å². The van der Waals surface area contributed by atoms with Crippen LogP contribution in [0.25, 0.3) is 0 Å². The second-order valence-electron chi connectivity index (χ2n) is 9.19. The molecule has 0 spiro atoms. The Balaban J connectivity index is 1.67. The summed E-state index contributed by atoms with van der Waals surface area (Å²) in [5.41, 5.74) is 0. The quantitative estimate of drug-likeness (QED) is 0.0671. The maximum Gasteiger partial charge on any atom is 0.305 e. The number of imide groups is 1. The molecule has 0 atom stereocenters. The van der Waals surface area contributed by atoms with Crippen molar-refractivity contribution >= 4 is 17.8 Å². The molecule has 1 rings (SSSR count). The lowest BCUT2D eigenvalue weighted by molar-refractivity contribution is -0.145. The van der Waals surface area contributed by atoms with Crippen molar-refractivity contribution in [2.24, 2.45) is 0 Å². The molecule has 0 saturated heterocycles. The van der Waals surface area contributed by atoms with Gasteiger partial charge >= 0.3 is 5.97 Å². The molecule has 0 aromatic carbocycles. The van der Waals surface area contributed by atoms with Crippen LogP contribution in [0.2, 0.25) is 0 Å². The summed E-state index contributed by atoms with van der Waals surface area (Å²) < 4.78 is 43.1. The maximum absolute atomic E-state index is 11.6. The van der Waals surface area contributed by atoms with Gasteiger partial charge in [0.25, 0.3) is 11.8 Å². The third kappa shape index (κ3) is 23.3. The molecule has 0 aromatic heterocycles. The zero-order chi connectivity index (χ0) is 29.6. The van der Waals surface area contributed by atoms with Gasteiger partial charge in [0.05, 0.1) is 99.0 Å². The topological polar surface area (TPSA) is 128 Å². The summed E-state index contributed by atoms with van der Waals surface area (Å²) in [6.07, 6.45) is 9.90. The highest BCUT2D eigenvalue weighted by Crippen LogP contribution is 2.07. The van der Waals surface area contributed by atoms with Crippen LogP contribution >= 0.6 is 0 Å². The number of hydrogen-bond acceptors (Lipinski definition) is 11. The van der Waals surface area contributed by atoms with E-state index in [1.54, 1.807) is 0 Å². The van der Waals surface area contributed by atoms with E-state index < -0.39 is 0 Å². The molecule has 0 N–H and O–H groups in total. The number of unbranched alkanes of at least 4 members (excludes halogenated alkanes) is 5. The van der Waals surface area contributed by atoms with Crippen LogP contribution in [0.15, 0.2) is 12.2 Å². The van der Waals surface area contributed by atoms with E-state index in [9.17, 15) is 14.4 Å². The largest absolute Gasteiger partial charge is 0.463 e. The van der Waals surface area contributed by atoms with Crippen molar-refractivity contribution in [2.75, 3.05) is 106 Å². The molecule has 0 aromatic rings. The third-order valence-corrected chi connectivity index (χ3v) is 5.82. The van der Waals surface area contributed by atoms with Crippen LogP contribution in [0.1, 0.15) is 51.9 Å². The molecule has 12 heteroatoms. The average Bonchev–Trinajstić information content (AvgIpc) is 3.29. The van der Waals surface area contributed by atoms with Crippen LogP contribution < -0.4 is 0 Å².